The Hall–Kier alpha value is -1.35. The van der Waals surface area contributed by atoms with Gasteiger partial charge in [-0.05, 0) is 11.6 Å². The highest BCUT2D eigenvalue weighted by Gasteiger charge is 2.00. The molecular formula is C8H11N3. The van der Waals surface area contributed by atoms with Gasteiger partial charge in [-0.2, -0.15) is 0 Å². The highest BCUT2D eigenvalue weighted by atomic mass is 14.7. The van der Waals surface area contributed by atoms with Gasteiger partial charge in [-0.25, -0.2) is 0 Å². The van der Waals surface area contributed by atoms with Crippen molar-refractivity contribution in [3.63, 3.8) is 0 Å². The topological polar surface area (TPSA) is 64.9 Å². The molecule has 3 nitrogen and oxygen atoms in total. The van der Waals surface area contributed by atoms with Crippen molar-refractivity contribution >= 4 is 5.69 Å². The van der Waals surface area contributed by atoms with Gasteiger partial charge in [-0.3, -0.25) is 4.98 Å². The maximum atomic E-state index is 5.65. The Bertz CT molecular complexity index is 257. The number of hydrogen-bond donors (Lipinski definition) is 2. The first-order chi connectivity index (χ1) is 5.24. The summed E-state index contributed by atoms with van der Waals surface area (Å²) in [4.78, 5) is 3.90. The molecule has 0 radical (unpaired) electrons. The molecule has 0 aliphatic carbocycles. The summed E-state index contributed by atoms with van der Waals surface area (Å²) < 4.78 is 0. The van der Waals surface area contributed by atoms with Crippen molar-refractivity contribution in [3.05, 3.63) is 36.7 Å². The second-order valence-corrected chi connectivity index (χ2v) is 2.31. The standard InChI is InChI=1S/C8H11N3/c1-2-8(10)6-3-7(9)5-11-4-6/h2-5,8H,1,9-10H2. The Morgan fingerprint density at radius 2 is 2.27 bits per heavy atom. The Kier molecular flexibility index (Phi) is 2.23. The molecule has 1 rings (SSSR count). The number of anilines is 1. The quantitative estimate of drug-likeness (QED) is 0.612. The molecule has 0 fully saturated rings. The lowest BCUT2D eigenvalue weighted by atomic mass is 10.1. The number of pyridine rings is 1. The lowest BCUT2D eigenvalue weighted by Gasteiger charge is -2.05. The van der Waals surface area contributed by atoms with Crippen LogP contribution in [0.2, 0.25) is 0 Å². The Balaban J connectivity index is 2.95. The molecule has 0 spiro atoms. The molecule has 0 aromatic carbocycles. The van der Waals surface area contributed by atoms with E-state index < -0.39 is 0 Å². The summed E-state index contributed by atoms with van der Waals surface area (Å²) in [5, 5.41) is 0. The second-order valence-electron chi connectivity index (χ2n) is 2.31. The fourth-order valence-corrected chi connectivity index (χ4v) is 0.795. The summed E-state index contributed by atoms with van der Waals surface area (Å²) in [5.41, 5.74) is 12.7. The van der Waals surface area contributed by atoms with E-state index in [1.54, 1.807) is 24.5 Å². The molecule has 0 aliphatic heterocycles. The summed E-state index contributed by atoms with van der Waals surface area (Å²) >= 11 is 0. The molecule has 0 saturated heterocycles. The monoisotopic (exact) mass is 149 g/mol. The SMILES string of the molecule is C=CC(N)c1cncc(N)c1. The molecule has 0 bridgehead atoms. The van der Waals surface area contributed by atoms with Crippen LogP contribution < -0.4 is 11.5 Å². The van der Waals surface area contributed by atoms with Gasteiger partial charge in [0.05, 0.1) is 5.69 Å². The molecule has 1 aromatic rings. The zero-order valence-electron chi connectivity index (χ0n) is 6.20. The zero-order chi connectivity index (χ0) is 8.27. The number of rotatable bonds is 2. The van der Waals surface area contributed by atoms with Crippen LogP contribution in [0.4, 0.5) is 5.69 Å². The Labute approximate surface area is 65.7 Å². The molecule has 0 amide bonds. The van der Waals surface area contributed by atoms with Crippen LogP contribution in [0.25, 0.3) is 0 Å². The Morgan fingerprint density at radius 1 is 1.55 bits per heavy atom. The second kappa shape index (κ2) is 3.16. The van der Waals surface area contributed by atoms with Gasteiger partial charge in [-0.1, -0.05) is 6.08 Å². The van der Waals surface area contributed by atoms with Crippen LogP contribution in [-0.2, 0) is 0 Å². The largest absolute Gasteiger partial charge is 0.397 e. The van der Waals surface area contributed by atoms with Crippen LogP contribution in [0.3, 0.4) is 0 Å². The fraction of sp³-hybridized carbons (Fsp3) is 0.125. The van der Waals surface area contributed by atoms with Crippen molar-refractivity contribution in [2.75, 3.05) is 5.73 Å². The summed E-state index contributed by atoms with van der Waals surface area (Å²) in [7, 11) is 0. The van der Waals surface area contributed by atoms with Crippen LogP contribution in [0.15, 0.2) is 31.1 Å². The smallest absolute Gasteiger partial charge is 0.0504 e. The number of aromatic nitrogens is 1. The van der Waals surface area contributed by atoms with Crippen molar-refractivity contribution in [2.24, 2.45) is 5.73 Å². The summed E-state index contributed by atoms with van der Waals surface area (Å²) in [6.07, 6.45) is 4.92. The summed E-state index contributed by atoms with van der Waals surface area (Å²) in [6, 6.07) is 1.62. The van der Waals surface area contributed by atoms with Gasteiger partial charge in [0.1, 0.15) is 0 Å². The normalized spacial score (nSPS) is 12.5. The van der Waals surface area contributed by atoms with Crippen LogP contribution in [0.5, 0.6) is 0 Å². The molecule has 1 unspecified atom stereocenters. The lowest BCUT2D eigenvalue weighted by Crippen LogP contribution is -2.07. The van der Waals surface area contributed by atoms with Gasteiger partial charge in [0.15, 0.2) is 0 Å². The van der Waals surface area contributed by atoms with E-state index in [0.717, 1.165) is 5.56 Å². The average Bonchev–Trinajstić information content (AvgIpc) is 2.03. The van der Waals surface area contributed by atoms with E-state index >= 15 is 0 Å². The van der Waals surface area contributed by atoms with E-state index in [-0.39, 0.29) is 6.04 Å². The van der Waals surface area contributed by atoms with Gasteiger partial charge in [0.25, 0.3) is 0 Å². The first kappa shape index (κ1) is 7.75. The van der Waals surface area contributed by atoms with Gasteiger partial charge in [0.2, 0.25) is 0 Å². The molecule has 11 heavy (non-hydrogen) atoms. The van der Waals surface area contributed by atoms with Crippen LogP contribution in [-0.4, -0.2) is 4.98 Å². The van der Waals surface area contributed by atoms with Gasteiger partial charge in [0, 0.05) is 18.4 Å². The maximum Gasteiger partial charge on any atom is 0.0504 e. The molecule has 4 N–H and O–H groups in total. The predicted molar refractivity (Wildman–Crippen MR) is 45.8 cm³/mol. The number of nitrogen functional groups attached to an aromatic ring is 1. The minimum Gasteiger partial charge on any atom is -0.397 e. The minimum atomic E-state index is -0.175. The van der Waals surface area contributed by atoms with Crippen LogP contribution in [0, 0.1) is 0 Å². The minimum absolute atomic E-state index is 0.175. The van der Waals surface area contributed by atoms with Crippen molar-refractivity contribution in [3.8, 4) is 0 Å². The predicted octanol–water partition coefficient (Wildman–Crippen LogP) is 0.850. The molecule has 58 valence electrons. The zero-order valence-corrected chi connectivity index (χ0v) is 6.20. The molecule has 1 atom stereocenters. The Morgan fingerprint density at radius 3 is 2.82 bits per heavy atom. The van der Waals surface area contributed by atoms with E-state index in [1.807, 2.05) is 0 Å². The van der Waals surface area contributed by atoms with Crippen LogP contribution in [0.1, 0.15) is 11.6 Å². The third kappa shape index (κ3) is 1.78. The number of nitrogens with zero attached hydrogens (tertiary/aromatic N) is 1. The molecule has 1 heterocycles. The van der Waals surface area contributed by atoms with E-state index in [2.05, 4.69) is 11.6 Å². The lowest BCUT2D eigenvalue weighted by molar-refractivity contribution is 0.905. The van der Waals surface area contributed by atoms with Crippen molar-refractivity contribution < 1.29 is 0 Å². The third-order valence-electron chi connectivity index (χ3n) is 1.42. The van der Waals surface area contributed by atoms with Gasteiger partial charge < -0.3 is 11.5 Å². The highest BCUT2D eigenvalue weighted by molar-refractivity contribution is 5.38. The molecular weight excluding hydrogens is 138 g/mol. The van der Waals surface area contributed by atoms with Gasteiger partial charge in [-0.15, -0.1) is 6.58 Å². The average molecular weight is 149 g/mol. The van der Waals surface area contributed by atoms with Crippen molar-refractivity contribution in [1.82, 2.24) is 4.98 Å². The molecule has 3 heteroatoms. The van der Waals surface area contributed by atoms with Gasteiger partial charge >= 0.3 is 0 Å². The van der Waals surface area contributed by atoms with Crippen molar-refractivity contribution in [2.45, 2.75) is 6.04 Å². The summed E-state index contributed by atoms with van der Waals surface area (Å²) in [6.45, 7) is 3.57. The van der Waals surface area contributed by atoms with Crippen molar-refractivity contribution in [1.29, 1.82) is 0 Å². The van der Waals surface area contributed by atoms with Crippen LogP contribution >= 0.6 is 0 Å². The highest BCUT2D eigenvalue weighted by Crippen LogP contribution is 2.11. The van der Waals surface area contributed by atoms with E-state index in [1.165, 1.54) is 0 Å². The van der Waals surface area contributed by atoms with E-state index in [0.29, 0.717) is 5.69 Å². The van der Waals surface area contributed by atoms with E-state index in [4.69, 9.17) is 11.5 Å². The molecule has 1 aromatic heterocycles. The first-order valence-corrected chi connectivity index (χ1v) is 3.32. The summed E-state index contributed by atoms with van der Waals surface area (Å²) in [5.74, 6) is 0. The molecule has 0 saturated carbocycles. The first-order valence-electron chi connectivity index (χ1n) is 3.32. The molecule has 0 aliphatic rings. The fourth-order valence-electron chi connectivity index (χ4n) is 0.795. The third-order valence-corrected chi connectivity index (χ3v) is 1.42. The number of nitrogens with two attached hydrogens (primary N) is 2. The number of hydrogen-bond acceptors (Lipinski definition) is 3. The van der Waals surface area contributed by atoms with E-state index in [9.17, 15) is 0 Å². The maximum absolute atomic E-state index is 5.65.